The molecule has 0 saturated heterocycles. The maximum atomic E-state index is 6.19. The maximum Gasteiger partial charge on any atom is 0.0349 e. The molecule has 1 saturated carbocycles. The van der Waals surface area contributed by atoms with E-state index in [-0.39, 0.29) is 0 Å². The zero-order chi connectivity index (χ0) is 12.4. The molecule has 18 heavy (non-hydrogen) atoms. The van der Waals surface area contributed by atoms with Gasteiger partial charge in [-0.2, -0.15) is 0 Å². The summed E-state index contributed by atoms with van der Waals surface area (Å²) in [6.45, 7) is 0. The fraction of sp³-hybridized carbons (Fsp3) is 0.438. The van der Waals surface area contributed by atoms with Gasteiger partial charge in [0.1, 0.15) is 0 Å². The second-order valence-electron chi connectivity index (χ2n) is 5.42. The summed E-state index contributed by atoms with van der Waals surface area (Å²) in [5.41, 5.74) is 7.63. The van der Waals surface area contributed by atoms with E-state index < -0.39 is 0 Å². The van der Waals surface area contributed by atoms with Gasteiger partial charge in [-0.3, -0.25) is 4.98 Å². The predicted octanol–water partition coefficient (Wildman–Crippen LogP) is 3.61. The molecule has 1 fully saturated rings. The first kappa shape index (κ1) is 11.7. The second-order valence-corrected chi connectivity index (χ2v) is 5.42. The average molecular weight is 240 g/mol. The molecule has 1 aromatic carbocycles. The van der Waals surface area contributed by atoms with Crippen LogP contribution in [0.15, 0.2) is 36.7 Å². The topological polar surface area (TPSA) is 38.9 Å². The van der Waals surface area contributed by atoms with Crippen LogP contribution < -0.4 is 5.73 Å². The molecule has 94 valence electrons. The minimum Gasteiger partial charge on any atom is -0.328 e. The summed E-state index contributed by atoms with van der Waals surface area (Å²) in [6, 6.07) is 9.04. The lowest BCUT2D eigenvalue weighted by Crippen LogP contribution is -2.20. The summed E-state index contributed by atoms with van der Waals surface area (Å²) in [4.78, 5) is 4.28. The van der Waals surface area contributed by atoms with Gasteiger partial charge in [0, 0.05) is 23.8 Å². The second kappa shape index (κ2) is 5.07. The van der Waals surface area contributed by atoms with Crippen LogP contribution in [-0.2, 0) is 0 Å². The Hall–Kier alpha value is -1.41. The van der Waals surface area contributed by atoms with Crippen molar-refractivity contribution in [2.24, 2.45) is 5.73 Å². The number of hydrogen-bond acceptors (Lipinski definition) is 2. The third-order valence-electron chi connectivity index (χ3n) is 4.12. The minimum absolute atomic E-state index is 0.365. The predicted molar refractivity (Wildman–Crippen MR) is 75.5 cm³/mol. The highest BCUT2D eigenvalue weighted by Crippen LogP contribution is 2.34. The molecule has 0 bridgehead atoms. The Labute approximate surface area is 108 Å². The molecule has 0 amide bonds. The maximum absolute atomic E-state index is 6.19. The zero-order valence-electron chi connectivity index (χ0n) is 10.7. The molecular formula is C16H20N2. The van der Waals surface area contributed by atoms with E-state index in [0.29, 0.717) is 12.0 Å². The number of aromatic nitrogens is 1. The number of hydrogen-bond donors (Lipinski definition) is 1. The first-order chi connectivity index (χ1) is 8.84. The quantitative estimate of drug-likeness (QED) is 0.773. The van der Waals surface area contributed by atoms with E-state index in [1.165, 1.54) is 42.0 Å². The van der Waals surface area contributed by atoms with Gasteiger partial charge in [-0.25, -0.2) is 0 Å². The highest BCUT2D eigenvalue weighted by Gasteiger charge is 2.20. The van der Waals surface area contributed by atoms with Gasteiger partial charge >= 0.3 is 0 Å². The molecule has 3 rings (SSSR count). The summed E-state index contributed by atoms with van der Waals surface area (Å²) < 4.78 is 0. The van der Waals surface area contributed by atoms with Gasteiger partial charge in [-0.05, 0) is 42.2 Å². The number of rotatable bonds is 1. The van der Waals surface area contributed by atoms with Crippen molar-refractivity contribution < 1.29 is 0 Å². The highest BCUT2D eigenvalue weighted by atomic mass is 14.6. The van der Waals surface area contributed by atoms with Crippen molar-refractivity contribution in [3.63, 3.8) is 0 Å². The van der Waals surface area contributed by atoms with Crippen LogP contribution in [-0.4, -0.2) is 11.0 Å². The molecule has 2 unspecified atom stereocenters. The zero-order valence-corrected chi connectivity index (χ0v) is 10.7. The van der Waals surface area contributed by atoms with Gasteiger partial charge in [-0.15, -0.1) is 0 Å². The van der Waals surface area contributed by atoms with E-state index in [1.54, 1.807) is 0 Å². The molecular weight excluding hydrogens is 220 g/mol. The molecule has 2 heteroatoms. The standard InChI is InChI=1S/C16H20N2/c17-14-6-2-1-4-13(10-14)15-7-3-5-12-8-9-18-11-16(12)15/h3,5,7-9,11,13-14H,1-2,4,6,10,17H2. The van der Waals surface area contributed by atoms with Crippen LogP contribution in [0.4, 0.5) is 0 Å². The summed E-state index contributed by atoms with van der Waals surface area (Å²) in [7, 11) is 0. The lowest BCUT2D eigenvalue weighted by Gasteiger charge is -2.19. The van der Waals surface area contributed by atoms with Crippen molar-refractivity contribution >= 4 is 10.8 Å². The van der Waals surface area contributed by atoms with Crippen LogP contribution in [0.1, 0.15) is 43.6 Å². The molecule has 1 aliphatic carbocycles. The number of nitrogens with two attached hydrogens (primary N) is 1. The number of fused-ring (bicyclic) bond motifs is 1. The fourth-order valence-electron chi connectivity index (χ4n) is 3.17. The Kier molecular flexibility index (Phi) is 3.28. The van der Waals surface area contributed by atoms with Gasteiger partial charge in [0.25, 0.3) is 0 Å². The van der Waals surface area contributed by atoms with E-state index >= 15 is 0 Å². The average Bonchev–Trinajstić information content (AvgIpc) is 2.63. The van der Waals surface area contributed by atoms with Gasteiger partial charge in [0.05, 0.1) is 0 Å². The third-order valence-corrected chi connectivity index (χ3v) is 4.12. The van der Waals surface area contributed by atoms with E-state index in [1.807, 2.05) is 12.4 Å². The fourth-order valence-corrected chi connectivity index (χ4v) is 3.17. The molecule has 1 heterocycles. The van der Waals surface area contributed by atoms with E-state index in [4.69, 9.17) is 5.73 Å². The summed E-state index contributed by atoms with van der Waals surface area (Å²) in [5.74, 6) is 0.607. The molecule has 0 radical (unpaired) electrons. The van der Waals surface area contributed by atoms with Crippen LogP contribution >= 0.6 is 0 Å². The van der Waals surface area contributed by atoms with Crippen molar-refractivity contribution in [1.82, 2.24) is 4.98 Å². The molecule has 0 aliphatic heterocycles. The van der Waals surface area contributed by atoms with Gasteiger partial charge in [-0.1, -0.05) is 31.0 Å². The van der Waals surface area contributed by atoms with Gasteiger partial charge in [0.2, 0.25) is 0 Å². The first-order valence-electron chi connectivity index (χ1n) is 6.93. The first-order valence-corrected chi connectivity index (χ1v) is 6.93. The Balaban J connectivity index is 2.02. The van der Waals surface area contributed by atoms with Crippen molar-refractivity contribution in [3.8, 4) is 0 Å². The molecule has 1 aromatic heterocycles. The molecule has 2 atom stereocenters. The summed E-state index contributed by atoms with van der Waals surface area (Å²) >= 11 is 0. The van der Waals surface area contributed by atoms with Crippen molar-refractivity contribution in [1.29, 1.82) is 0 Å². The lowest BCUT2D eigenvalue weighted by atomic mass is 9.88. The molecule has 0 spiro atoms. The summed E-state index contributed by atoms with van der Waals surface area (Å²) in [6.07, 6.45) is 10.0. The Morgan fingerprint density at radius 3 is 2.94 bits per heavy atom. The van der Waals surface area contributed by atoms with Crippen molar-refractivity contribution in [2.45, 2.75) is 44.1 Å². The molecule has 2 nitrogen and oxygen atoms in total. The third kappa shape index (κ3) is 2.25. The van der Waals surface area contributed by atoms with Gasteiger partial charge < -0.3 is 5.73 Å². The summed E-state index contributed by atoms with van der Waals surface area (Å²) in [5, 5.41) is 2.60. The van der Waals surface area contributed by atoms with Crippen LogP contribution in [0.3, 0.4) is 0 Å². The Morgan fingerprint density at radius 2 is 2.00 bits per heavy atom. The normalized spacial score (nSPS) is 24.9. The molecule has 1 aliphatic rings. The number of nitrogens with zero attached hydrogens (tertiary/aromatic N) is 1. The smallest absolute Gasteiger partial charge is 0.0349 e. The minimum atomic E-state index is 0.365. The van der Waals surface area contributed by atoms with Crippen LogP contribution in [0, 0.1) is 0 Å². The van der Waals surface area contributed by atoms with Crippen molar-refractivity contribution in [2.75, 3.05) is 0 Å². The van der Waals surface area contributed by atoms with Crippen LogP contribution in [0.25, 0.3) is 10.8 Å². The Morgan fingerprint density at radius 1 is 1.11 bits per heavy atom. The Bertz CT molecular complexity index is 530. The van der Waals surface area contributed by atoms with Crippen LogP contribution in [0.2, 0.25) is 0 Å². The molecule has 2 aromatic rings. The highest BCUT2D eigenvalue weighted by molar-refractivity contribution is 5.85. The monoisotopic (exact) mass is 240 g/mol. The van der Waals surface area contributed by atoms with E-state index in [0.717, 1.165) is 6.42 Å². The van der Waals surface area contributed by atoms with Crippen LogP contribution in [0.5, 0.6) is 0 Å². The van der Waals surface area contributed by atoms with Gasteiger partial charge in [0.15, 0.2) is 0 Å². The largest absolute Gasteiger partial charge is 0.328 e. The van der Waals surface area contributed by atoms with E-state index in [2.05, 4.69) is 29.2 Å². The van der Waals surface area contributed by atoms with Crippen molar-refractivity contribution in [3.05, 3.63) is 42.2 Å². The number of benzene rings is 1. The SMILES string of the molecule is NC1CCCCC(c2cccc3ccncc23)C1. The number of pyridine rings is 1. The molecule has 2 N–H and O–H groups in total. The lowest BCUT2D eigenvalue weighted by molar-refractivity contribution is 0.537. The van der Waals surface area contributed by atoms with E-state index in [9.17, 15) is 0 Å².